The van der Waals surface area contributed by atoms with Crippen LogP contribution in [0.1, 0.15) is 37.4 Å². The van der Waals surface area contributed by atoms with Gasteiger partial charge in [-0.2, -0.15) is 0 Å². The van der Waals surface area contributed by atoms with Crippen LogP contribution in [0.3, 0.4) is 0 Å². The van der Waals surface area contributed by atoms with Gasteiger partial charge in [0, 0.05) is 12.2 Å². The molecule has 0 aliphatic rings. The third-order valence-electron chi connectivity index (χ3n) is 2.80. The Morgan fingerprint density at radius 1 is 1.28 bits per heavy atom. The molecule has 1 unspecified atom stereocenters. The summed E-state index contributed by atoms with van der Waals surface area (Å²) in [5.41, 5.74) is 0.531. The minimum atomic E-state index is -0.522. The van der Waals surface area contributed by atoms with Gasteiger partial charge in [-0.05, 0) is 38.4 Å². The molecule has 0 fully saturated rings. The van der Waals surface area contributed by atoms with E-state index < -0.39 is 17.7 Å². The van der Waals surface area contributed by atoms with Crippen molar-refractivity contribution in [1.29, 1.82) is 0 Å². The number of hydrogen-bond donors (Lipinski definition) is 1. The fourth-order valence-electron chi connectivity index (χ4n) is 1.80. The molecular weight excluding hydrogens is 236 g/mol. The highest BCUT2D eigenvalue weighted by Gasteiger charge is 2.21. The number of aryl methyl sites for hydroxylation is 1. The highest BCUT2D eigenvalue weighted by atomic mass is 19.1. The SMILES string of the molecule is CCCNC(COCC)c1c(F)ccc(C)c1F. The van der Waals surface area contributed by atoms with Crippen LogP contribution in [0.2, 0.25) is 0 Å². The van der Waals surface area contributed by atoms with Crippen LogP contribution in [0.5, 0.6) is 0 Å². The molecule has 0 radical (unpaired) electrons. The molecule has 4 heteroatoms. The second-order valence-electron chi connectivity index (χ2n) is 4.26. The lowest BCUT2D eigenvalue weighted by molar-refractivity contribution is 0.120. The second kappa shape index (κ2) is 7.44. The summed E-state index contributed by atoms with van der Waals surface area (Å²) in [6, 6.07) is 2.32. The molecule has 1 aromatic rings. The standard InChI is InChI=1S/C14H21F2NO/c1-4-8-17-12(9-18-5-2)13-11(15)7-6-10(3)14(13)16/h6-7,12,17H,4-5,8-9H2,1-3H3. The van der Waals surface area contributed by atoms with E-state index in [0.717, 1.165) is 6.42 Å². The minimum absolute atomic E-state index is 0.0805. The van der Waals surface area contributed by atoms with Gasteiger partial charge in [0.1, 0.15) is 11.6 Å². The van der Waals surface area contributed by atoms with Gasteiger partial charge in [-0.15, -0.1) is 0 Å². The Labute approximate surface area is 107 Å². The summed E-state index contributed by atoms with van der Waals surface area (Å²) in [6.45, 7) is 7.00. The third-order valence-corrected chi connectivity index (χ3v) is 2.80. The molecule has 102 valence electrons. The summed E-state index contributed by atoms with van der Waals surface area (Å²) in [4.78, 5) is 0. The van der Waals surface area contributed by atoms with Crippen molar-refractivity contribution >= 4 is 0 Å². The first-order chi connectivity index (χ1) is 8.61. The zero-order chi connectivity index (χ0) is 13.5. The predicted molar refractivity (Wildman–Crippen MR) is 68.6 cm³/mol. The van der Waals surface area contributed by atoms with Crippen LogP contribution in [0, 0.1) is 18.6 Å². The molecule has 1 aromatic carbocycles. The molecule has 0 saturated heterocycles. The number of ether oxygens (including phenoxy) is 1. The Bertz CT molecular complexity index is 374. The average molecular weight is 257 g/mol. The zero-order valence-electron chi connectivity index (χ0n) is 11.2. The van der Waals surface area contributed by atoms with Crippen molar-refractivity contribution in [3.63, 3.8) is 0 Å². The van der Waals surface area contributed by atoms with Crippen molar-refractivity contribution in [3.05, 3.63) is 34.9 Å². The molecule has 0 spiro atoms. The van der Waals surface area contributed by atoms with Gasteiger partial charge in [0.2, 0.25) is 0 Å². The molecule has 0 bridgehead atoms. The summed E-state index contributed by atoms with van der Waals surface area (Å²) in [5.74, 6) is -1.00. The Morgan fingerprint density at radius 3 is 2.61 bits per heavy atom. The number of rotatable bonds is 7. The summed E-state index contributed by atoms with van der Waals surface area (Å²) in [6.07, 6.45) is 0.900. The Hall–Kier alpha value is -1.00. The lowest BCUT2D eigenvalue weighted by atomic mass is 10.0. The Balaban J connectivity index is 2.99. The summed E-state index contributed by atoms with van der Waals surface area (Å²) < 4.78 is 33.1. The maximum Gasteiger partial charge on any atom is 0.133 e. The van der Waals surface area contributed by atoms with Gasteiger partial charge < -0.3 is 10.1 Å². The van der Waals surface area contributed by atoms with Gasteiger partial charge in [0.05, 0.1) is 12.6 Å². The van der Waals surface area contributed by atoms with E-state index in [1.165, 1.54) is 12.1 Å². The zero-order valence-corrected chi connectivity index (χ0v) is 11.2. The van der Waals surface area contributed by atoms with Gasteiger partial charge in [-0.3, -0.25) is 0 Å². The van der Waals surface area contributed by atoms with Crippen molar-refractivity contribution in [2.24, 2.45) is 0 Å². The highest BCUT2D eigenvalue weighted by molar-refractivity contribution is 5.29. The lowest BCUT2D eigenvalue weighted by Gasteiger charge is -2.20. The fourth-order valence-corrected chi connectivity index (χ4v) is 1.80. The molecule has 0 heterocycles. The van der Waals surface area contributed by atoms with E-state index in [1.807, 2.05) is 13.8 Å². The molecule has 0 amide bonds. The van der Waals surface area contributed by atoms with Crippen molar-refractivity contribution in [3.8, 4) is 0 Å². The number of nitrogens with one attached hydrogen (secondary N) is 1. The molecule has 2 nitrogen and oxygen atoms in total. The third kappa shape index (κ3) is 3.75. The molecule has 18 heavy (non-hydrogen) atoms. The van der Waals surface area contributed by atoms with Crippen LogP contribution in [0.25, 0.3) is 0 Å². The number of hydrogen-bond acceptors (Lipinski definition) is 2. The largest absolute Gasteiger partial charge is 0.380 e. The maximum atomic E-state index is 14.0. The summed E-state index contributed by atoms with van der Waals surface area (Å²) >= 11 is 0. The number of halogens is 2. The van der Waals surface area contributed by atoms with E-state index in [9.17, 15) is 8.78 Å². The number of benzene rings is 1. The van der Waals surface area contributed by atoms with Gasteiger partial charge in [-0.25, -0.2) is 8.78 Å². The smallest absolute Gasteiger partial charge is 0.133 e. The molecular formula is C14H21F2NO. The first kappa shape index (κ1) is 15.1. The fraction of sp³-hybridized carbons (Fsp3) is 0.571. The maximum absolute atomic E-state index is 14.0. The van der Waals surface area contributed by atoms with Crippen LogP contribution < -0.4 is 5.32 Å². The lowest BCUT2D eigenvalue weighted by Crippen LogP contribution is -2.28. The molecule has 0 aliphatic carbocycles. The predicted octanol–water partition coefficient (Wildman–Crippen LogP) is 3.35. The average Bonchev–Trinajstić information content (AvgIpc) is 2.36. The van der Waals surface area contributed by atoms with E-state index in [2.05, 4.69) is 5.32 Å². The molecule has 1 atom stereocenters. The van der Waals surface area contributed by atoms with E-state index in [0.29, 0.717) is 18.7 Å². The van der Waals surface area contributed by atoms with E-state index in [-0.39, 0.29) is 12.2 Å². The summed E-state index contributed by atoms with van der Waals surface area (Å²) in [5, 5.41) is 3.12. The van der Waals surface area contributed by atoms with Crippen LogP contribution in [-0.4, -0.2) is 19.8 Å². The normalized spacial score (nSPS) is 12.7. The monoisotopic (exact) mass is 257 g/mol. The van der Waals surface area contributed by atoms with E-state index in [4.69, 9.17) is 4.74 Å². The van der Waals surface area contributed by atoms with Crippen LogP contribution in [-0.2, 0) is 4.74 Å². The summed E-state index contributed by atoms with van der Waals surface area (Å²) in [7, 11) is 0. The molecule has 1 N–H and O–H groups in total. The Morgan fingerprint density at radius 2 is 2.00 bits per heavy atom. The van der Waals surface area contributed by atoms with Gasteiger partial charge in [0.25, 0.3) is 0 Å². The molecule has 0 saturated carbocycles. The van der Waals surface area contributed by atoms with Crippen molar-refractivity contribution in [2.45, 2.75) is 33.2 Å². The van der Waals surface area contributed by atoms with Crippen LogP contribution in [0.15, 0.2) is 12.1 Å². The van der Waals surface area contributed by atoms with Crippen LogP contribution in [0.4, 0.5) is 8.78 Å². The Kier molecular flexibility index (Phi) is 6.22. The molecule has 0 aliphatic heterocycles. The first-order valence-electron chi connectivity index (χ1n) is 6.37. The molecule has 0 aromatic heterocycles. The first-order valence-corrected chi connectivity index (χ1v) is 6.37. The van der Waals surface area contributed by atoms with Crippen LogP contribution >= 0.6 is 0 Å². The van der Waals surface area contributed by atoms with E-state index in [1.54, 1.807) is 6.92 Å². The van der Waals surface area contributed by atoms with Crippen molar-refractivity contribution in [1.82, 2.24) is 5.32 Å². The van der Waals surface area contributed by atoms with Gasteiger partial charge >= 0.3 is 0 Å². The topological polar surface area (TPSA) is 21.3 Å². The molecule has 1 rings (SSSR count). The van der Waals surface area contributed by atoms with Crippen molar-refractivity contribution < 1.29 is 13.5 Å². The minimum Gasteiger partial charge on any atom is -0.380 e. The quantitative estimate of drug-likeness (QED) is 0.808. The van der Waals surface area contributed by atoms with E-state index >= 15 is 0 Å². The van der Waals surface area contributed by atoms with Gasteiger partial charge in [0.15, 0.2) is 0 Å². The van der Waals surface area contributed by atoms with Crippen molar-refractivity contribution in [2.75, 3.05) is 19.8 Å². The van der Waals surface area contributed by atoms with Gasteiger partial charge in [-0.1, -0.05) is 13.0 Å². The highest BCUT2D eigenvalue weighted by Crippen LogP contribution is 2.23. The second-order valence-corrected chi connectivity index (χ2v) is 4.26.